The highest BCUT2D eigenvalue weighted by molar-refractivity contribution is 5.74. The van der Waals surface area contributed by atoms with Crippen molar-refractivity contribution in [3.05, 3.63) is 23.9 Å². The van der Waals surface area contributed by atoms with Gasteiger partial charge < -0.3 is 20.2 Å². The highest BCUT2D eigenvalue weighted by Crippen LogP contribution is 2.17. The van der Waals surface area contributed by atoms with E-state index >= 15 is 0 Å². The van der Waals surface area contributed by atoms with Crippen molar-refractivity contribution in [2.75, 3.05) is 31.1 Å². The minimum Gasteiger partial charge on any atom is -0.389 e. The lowest BCUT2D eigenvalue weighted by Gasteiger charge is -2.28. The van der Waals surface area contributed by atoms with Gasteiger partial charge in [0.25, 0.3) is 0 Å². The Labute approximate surface area is 138 Å². The predicted molar refractivity (Wildman–Crippen MR) is 91.5 cm³/mol. The van der Waals surface area contributed by atoms with Gasteiger partial charge in [0.05, 0.1) is 12.1 Å². The zero-order chi connectivity index (χ0) is 16.9. The maximum atomic E-state index is 12.2. The lowest BCUT2D eigenvalue weighted by molar-refractivity contribution is 0.0480. The van der Waals surface area contributed by atoms with E-state index in [0.29, 0.717) is 19.6 Å². The molecule has 1 aliphatic rings. The van der Waals surface area contributed by atoms with Crippen LogP contribution in [0.25, 0.3) is 0 Å². The number of likely N-dealkylation sites (N-methyl/N-ethyl adjacent to an activating group) is 1. The number of pyridine rings is 1. The standard InChI is InChI=1S/C17H28N4O2/c1-4-20(13-17(2,3)23)16(22)19-12-14-7-8-15(18-11-14)21-9-5-6-10-21/h7-8,11,23H,4-6,9-10,12-13H2,1-3H3,(H,19,22). The first-order valence-corrected chi connectivity index (χ1v) is 8.34. The van der Waals surface area contributed by atoms with Gasteiger partial charge in [-0.1, -0.05) is 6.07 Å². The summed E-state index contributed by atoms with van der Waals surface area (Å²) in [6, 6.07) is 3.85. The van der Waals surface area contributed by atoms with Gasteiger partial charge in [-0.25, -0.2) is 9.78 Å². The van der Waals surface area contributed by atoms with Crippen LogP contribution >= 0.6 is 0 Å². The van der Waals surface area contributed by atoms with Crippen LogP contribution in [0, 0.1) is 0 Å². The normalized spacial score (nSPS) is 14.9. The van der Waals surface area contributed by atoms with Gasteiger partial charge in [-0.05, 0) is 45.2 Å². The van der Waals surface area contributed by atoms with Crippen molar-refractivity contribution in [1.29, 1.82) is 0 Å². The molecule has 1 fully saturated rings. The molecule has 128 valence electrons. The number of rotatable bonds is 6. The molecule has 6 nitrogen and oxygen atoms in total. The summed E-state index contributed by atoms with van der Waals surface area (Å²) in [5.41, 5.74) is 0.0762. The molecule has 2 N–H and O–H groups in total. The smallest absolute Gasteiger partial charge is 0.317 e. The summed E-state index contributed by atoms with van der Waals surface area (Å²) in [4.78, 5) is 20.5. The second-order valence-electron chi connectivity index (χ2n) is 6.70. The van der Waals surface area contributed by atoms with E-state index in [1.54, 1.807) is 18.7 Å². The average Bonchev–Trinajstić information content (AvgIpc) is 3.04. The Bertz CT molecular complexity index is 504. The zero-order valence-corrected chi connectivity index (χ0v) is 14.4. The first kappa shape index (κ1) is 17.5. The lowest BCUT2D eigenvalue weighted by atomic mass is 10.1. The lowest BCUT2D eigenvalue weighted by Crippen LogP contribution is -2.46. The Kier molecular flexibility index (Phi) is 5.82. The van der Waals surface area contributed by atoms with E-state index in [-0.39, 0.29) is 6.03 Å². The van der Waals surface area contributed by atoms with E-state index in [0.717, 1.165) is 24.5 Å². The van der Waals surface area contributed by atoms with E-state index in [9.17, 15) is 9.90 Å². The van der Waals surface area contributed by atoms with Crippen LogP contribution in [0.5, 0.6) is 0 Å². The Hall–Kier alpha value is -1.82. The Morgan fingerprint density at radius 3 is 2.61 bits per heavy atom. The number of carbonyl (C=O) groups is 1. The van der Waals surface area contributed by atoms with Crippen molar-refractivity contribution in [3.63, 3.8) is 0 Å². The van der Waals surface area contributed by atoms with Crippen LogP contribution in [-0.4, -0.2) is 52.8 Å². The molecule has 1 saturated heterocycles. The summed E-state index contributed by atoms with van der Waals surface area (Å²) in [6.07, 6.45) is 4.28. The second-order valence-corrected chi connectivity index (χ2v) is 6.70. The molecule has 23 heavy (non-hydrogen) atoms. The molecule has 0 bridgehead atoms. The average molecular weight is 320 g/mol. The molecule has 1 aromatic rings. The van der Waals surface area contributed by atoms with Gasteiger partial charge >= 0.3 is 6.03 Å². The van der Waals surface area contributed by atoms with Gasteiger partial charge in [-0.2, -0.15) is 0 Å². The van der Waals surface area contributed by atoms with Gasteiger partial charge in [-0.15, -0.1) is 0 Å². The van der Waals surface area contributed by atoms with E-state index in [2.05, 4.69) is 15.2 Å². The fourth-order valence-electron chi connectivity index (χ4n) is 2.74. The summed E-state index contributed by atoms with van der Waals surface area (Å²) in [6.45, 7) is 8.75. The number of aromatic nitrogens is 1. The molecule has 0 radical (unpaired) electrons. The van der Waals surface area contributed by atoms with Gasteiger partial charge in [0, 0.05) is 32.4 Å². The van der Waals surface area contributed by atoms with E-state index in [1.165, 1.54) is 12.8 Å². The van der Waals surface area contributed by atoms with Gasteiger partial charge in [0.1, 0.15) is 5.82 Å². The number of nitrogens with zero attached hydrogens (tertiary/aromatic N) is 3. The fraction of sp³-hybridized carbons (Fsp3) is 0.647. The van der Waals surface area contributed by atoms with Crippen LogP contribution in [0.3, 0.4) is 0 Å². The molecule has 0 aliphatic carbocycles. The Morgan fingerprint density at radius 1 is 1.39 bits per heavy atom. The maximum Gasteiger partial charge on any atom is 0.317 e. The molecular formula is C17H28N4O2. The quantitative estimate of drug-likeness (QED) is 0.841. The monoisotopic (exact) mass is 320 g/mol. The van der Waals surface area contributed by atoms with Gasteiger partial charge in [0.15, 0.2) is 0 Å². The Morgan fingerprint density at radius 2 is 2.09 bits per heavy atom. The third-order valence-electron chi connectivity index (χ3n) is 3.93. The fourth-order valence-corrected chi connectivity index (χ4v) is 2.74. The van der Waals surface area contributed by atoms with Crippen LogP contribution in [0.15, 0.2) is 18.3 Å². The van der Waals surface area contributed by atoms with E-state index < -0.39 is 5.60 Å². The molecule has 0 saturated carbocycles. The van der Waals surface area contributed by atoms with E-state index in [1.807, 2.05) is 25.3 Å². The van der Waals surface area contributed by atoms with Gasteiger partial charge in [0.2, 0.25) is 0 Å². The number of nitrogens with one attached hydrogen (secondary N) is 1. The van der Waals surface area contributed by atoms with Crippen molar-refractivity contribution in [2.45, 2.75) is 45.8 Å². The topological polar surface area (TPSA) is 68.7 Å². The second kappa shape index (κ2) is 7.64. The molecule has 2 amide bonds. The highest BCUT2D eigenvalue weighted by Gasteiger charge is 2.21. The minimum atomic E-state index is -0.897. The van der Waals surface area contributed by atoms with Crippen LogP contribution in [0.2, 0.25) is 0 Å². The van der Waals surface area contributed by atoms with Crippen molar-refractivity contribution in [2.24, 2.45) is 0 Å². The summed E-state index contributed by atoms with van der Waals surface area (Å²) < 4.78 is 0. The molecule has 1 aromatic heterocycles. The maximum absolute atomic E-state index is 12.2. The predicted octanol–water partition coefficient (Wildman–Crippen LogP) is 1.98. The molecular weight excluding hydrogens is 292 g/mol. The van der Waals surface area contributed by atoms with Crippen LogP contribution in [-0.2, 0) is 6.54 Å². The Balaban J connectivity index is 1.85. The largest absolute Gasteiger partial charge is 0.389 e. The summed E-state index contributed by atoms with van der Waals surface area (Å²) in [5, 5.41) is 12.7. The first-order valence-electron chi connectivity index (χ1n) is 8.34. The molecule has 2 rings (SSSR count). The number of aliphatic hydroxyl groups is 1. The van der Waals surface area contributed by atoms with Crippen molar-refractivity contribution in [1.82, 2.24) is 15.2 Å². The highest BCUT2D eigenvalue weighted by atomic mass is 16.3. The van der Waals surface area contributed by atoms with Crippen LogP contribution < -0.4 is 10.2 Å². The zero-order valence-electron chi connectivity index (χ0n) is 14.4. The number of amides is 2. The molecule has 2 heterocycles. The van der Waals surface area contributed by atoms with Gasteiger partial charge in [-0.3, -0.25) is 0 Å². The minimum absolute atomic E-state index is 0.168. The van der Waals surface area contributed by atoms with Crippen molar-refractivity contribution < 1.29 is 9.90 Å². The summed E-state index contributed by atoms with van der Waals surface area (Å²) in [7, 11) is 0. The number of urea groups is 1. The SMILES string of the molecule is CCN(CC(C)(C)O)C(=O)NCc1ccc(N2CCCC2)nc1. The van der Waals surface area contributed by atoms with Crippen LogP contribution in [0.4, 0.5) is 10.6 Å². The molecule has 0 unspecified atom stereocenters. The third kappa shape index (κ3) is 5.39. The number of hydrogen-bond acceptors (Lipinski definition) is 4. The van der Waals surface area contributed by atoms with Crippen molar-refractivity contribution >= 4 is 11.8 Å². The summed E-state index contributed by atoms with van der Waals surface area (Å²) in [5.74, 6) is 1.01. The molecule has 0 aromatic carbocycles. The van der Waals surface area contributed by atoms with E-state index in [4.69, 9.17) is 0 Å². The van der Waals surface area contributed by atoms with Crippen molar-refractivity contribution in [3.8, 4) is 0 Å². The first-order chi connectivity index (χ1) is 10.9. The molecule has 6 heteroatoms. The summed E-state index contributed by atoms with van der Waals surface area (Å²) >= 11 is 0. The third-order valence-corrected chi connectivity index (χ3v) is 3.93. The number of carbonyl (C=O) groups excluding carboxylic acids is 1. The molecule has 1 aliphatic heterocycles. The number of anilines is 1. The molecule has 0 atom stereocenters. The van der Waals surface area contributed by atoms with Crippen LogP contribution in [0.1, 0.15) is 39.2 Å². The number of hydrogen-bond donors (Lipinski definition) is 2. The molecule has 0 spiro atoms.